The molecule has 2 aliphatic heterocycles. The maximum atomic E-state index is 13.0. The topological polar surface area (TPSA) is 87.5 Å². The van der Waals surface area contributed by atoms with E-state index in [0.29, 0.717) is 36.7 Å². The Labute approximate surface area is 167 Å². The molecule has 1 atom stereocenters. The lowest BCUT2D eigenvalue weighted by atomic mass is 10.1. The van der Waals surface area contributed by atoms with Crippen LogP contribution >= 0.6 is 11.3 Å². The number of piperidine rings is 1. The van der Waals surface area contributed by atoms with E-state index in [1.807, 2.05) is 28.2 Å². The normalized spacial score (nSPS) is 19.6. The molecule has 28 heavy (non-hydrogen) atoms. The number of hydrogen-bond acceptors (Lipinski definition) is 7. The molecule has 0 N–H and O–H groups in total. The lowest BCUT2D eigenvalue weighted by Gasteiger charge is -2.39. The summed E-state index contributed by atoms with van der Waals surface area (Å²) in [5, 5.41) is 13.1. The van der Waals surface area contributed by atoms with Gasteiger partial charge in [0.25, 0.3) is 5.91 Å². The summed E-state index contributed by atoms with van der Waals surface area (Å²) in [6, 6.07) is 1.72. The summed E-state index contributed by atoms with van der Waals surface area (Å²) in [5.74, 6) is 0.217. The lowest BCUT2D eigenvalue weighted by Crippen LogP contribution is -2.56. The van der Waals surface area contributed by atoms with Crippen LogP contribution in [0.1, 0.15) is 35.9 Å². The molecule has 2 aromatic rings. The van der Waals surface area contributed by atoms with E-state index >= 15 is 0 Å². The minimum atomic E-state index is -0.131. The molecule has 4 rings (SSSR count). The first-order chi connectivity index (χ1) is 13.6. The summed E-state index contributed by atoms with van der Waals surface area (Å²) in [4.78, 5) is 32.4. The monoisotopic (exact) mass is 403 g/mol. The highest BCUT2D eigenvalue weighted by molar-refractivity contribution is 7.12. The number of hydrogen-bond donors (Lipinski definition) is 0. The van der Waals surface area contributed by atoms with Crippen molar-refractivity contribution in [1.82, 2.24) is 34.9 Å². The number of thiophene rings is 1. The Morgan fingerprint density at radius 3 is 2.46 bits per heavy atom. The van der Waals surface area contributed by atoms with Crippen LogP contribution < -0.4 is 0 Å². The Morgan fingerprint density at radius 2 is 1.79 bits per heavy atom. The fourth-order valence-corrected chi connectivity index (χ4v) is 4.75. The summed E-state index contributed by atoms with van der Waals surface area (Å²) in [7, 11) is 0. The second kappa shape index (κ2) is 8.36. The molecule has 2 fully saturated rings. The van der Waals surface area contributed by atoms with Crippen molar-refractivity contribution in [2.75, 3.05) is 39.3 Å². The van der Waals surface area contributed by atoms with Gasteiger partial charge in [0.1, 0.15) is 11.2 Å². The van der Waals surface area contributed by atoms with E-state index < -0.39 is 0 Å². The molecule has 0 radical (unpaired) electrons. The van der Waals surface area contributed by atoms with Gasteiger partial charge in [-0.15, -0.1) is 16.4 Å². The maximum Gasteiger partial charge on any atom is 0.266 e. The van der Waals surface area contributed by atoms with Crippen molar-refractivity contribution in [2.24, 2.45) is 0 Å². The molecule has 2 aromatic heterocycles. The zero-order valence-corrected chi connectivity index (χ0v) is 16.8. The standard InChI is InChI=1S/C18H25N7O2S/c1-14(17(26)23-6-3-2-4-7-23)22-8-10-24(11-9-22)18(27)16-15(5-12-28-16)25-13-19-20-21-25/h5,12-14H,2-4,6-11H2,1H3. The first-order valence-electron chi connectivity index (χ1n) is 9.78. The SMILES string of the molecule is CC(C(=O)N1CCCCC1)N1CCN(C(=O)c2sccc2-n2cnnn2)CC1. The van der Waals surface area contributed by atoms with Crippen LogP contribution in [0.5, 0.6) is 0 Å². The Balaban J connectivity index is 1.36. The largest absolute Gasteiger partial charge is 0.341 e. The quantitative estimate of drug-likeness (QED) is 0.753. The fraction of sp³-hybridized carbons (Fsp3) is 0.611. The number of likely N-dealkylation sites (tertiary alicyclic amines) is 1. The Kier molecular flexibility index (Phi) is 5.67. The first kappa shape index (κ1) is 19.0. The Bertz CT molecular complexity index is 808. The number of piperazine rings is 1. The van der Waals surface area contributed by atoms with Gasteiger partial charge < -0.3 is 9.80 Å². The Morgan fingerprint density at radius 1 is 1.04 bits per heavy atom. The smallest absolute Gasteiger partial charge is 0.266 e. The first-order valence-corrected chi connectivity index (χ1v) is 10.7. The average Bonchev–Trinajstić information content (AvgIpc) is 3.44. The third-order valence-corrected chi connectivity index (χ3v) is 6.50. The minimum absolute atomic E-state index is 0.00448. The molecule has 0 aliphatic carbocycles. The van der Waals surface area contributed by atoms with Gasteiger partial charge in [-0.1, -0.05) is 0 Å². The number of amides is 2. The van der Waals surface area contributed by atoms with Gasteiger partial charge in [-0.2, -0.15) is 4.68 Å². The van der Waals surface area contributed by atoms with Crippen molar-refractivity contribution >= 4 is 23.2 Å². The molecular weight excluding hydrogens is 378 g/mol. The number of carbonyl (C=O) groups excluding carboxylic acids is 2. The third kappa shape index (κ3) is 3.79. The summed E-state index contributed by atoms with van der Waals surface area (Å²) in [5.41, 5.74) is 0.705. The number of rotatable bonds is 4. The van der Waals surface area contributed by atoms with Crippen LogP contribution in [0, 0.1) is 0 Å². The van der Waals surface area contributed by atoms with E-state index in [4.69, 9.17) is 0 Å². The van der Waals surface area contributed by atoms with Crippen molar-refractivity contribution in [2.45, 2.75) is 32.2 Å². The summed E-state index contributed by atoms with van der Waals surface area (Å²) in [6.07, 6.45) is 4.91. The van der Waals surface area contributed by atoms with E-state index in [1.54, 1.807) is 0 Å². The lowest BCUT2D eigenvalue weighted by molar-refractivity contribution is -0.137. The summed E-state index contributed by atoms with van der Waals surface area (Å²) >= 11 is 1.40. The van der Waals surface area contributed by atoms with Gasteiger partial charge in [-0.3, -0.25) is 14.5 Å². The predicted molar refractivity (Wildman–Crippen MR) is 104 cm³/mol. The number of nitrogens with zero attached hydrogens (tertiary/aromatic N) is 7. The number of tetrazole rings is 1. The highest BCUT2D eigenvalue weighted by Crippen LogP contribution is 2.23. The van der Waals surface area contributed by atoms with Gasteiger partial charge in [0, 0.05) is 39.3 Å². The molecule has 0 spiro atoms. The van der Waals surface area contributed by atoms with Crippen LogP contribution in [0.25, 0.3) is 5.69 Å². The molecule has 2 amide bonds. The van der Waals surface area contributed by atoms with Gasteiger partial charge in [0.15, 0.2) is 0 Å². The van der Waals surface area contributed by atoms with E-state index in [2.05, 4.69) is 20.4 Å². The molecule has 0 aromatic carbocycles. The molecule has 1 unspecified atom stereocenters. The second-order valence-corrected chi connectivity index (χ2v) is 8.20. The van der Waals surface area contributed by atoms with Crippen molar-refractivity contribution < 1.29 is 9.59 Å². The van der Waals surface area contributed by atoms with E-state index in [0.717, 1.165) is 25.9 Å². The number of carbonyl (C=O) groups is 2. The highest BCUT2D eigenvalue weighted by atomic mass is 32.1. The van der Waals surface area contributed by atoms with Crippen molar-refractivity contribution in [3.05, 3.63) is 22.7 Å². The molecule has 2 aliphatic rings. The molecule has 150 valence electrons. The predicted octanol–water partition coefficient (Wildman–Crippen LogP) is 0.883. The van der Waals surface area contributed by atoms with Crippen LogP contribution in [-0.2, 0) is 4.79 Å². The molecule has 0 saturated carbocycles. The molecule has 4 heterocycles. The Hall–Kier alpha value is -2.33. The zero-order chi connectivity index (χ0) is 19.5. The zero-order valence-electron chi connectivity index (χ0n) is 16.0. The van der Waals surface area contributed by atoms with Crippen molar-refractivity contribution in [3.8, 4) is 5.69 Å². The van der Waals surface area contributed by atoms with E-state index in [9.17, 15) is 9.59 Å². The van der Waals surface area contributed by atoms with Crippen LogP contribution in [-0.4, -0.2) is 92.0 Å². The fourth-order valence-electron chi connectivity index (χ4n) is 3.91. The second-order valence-electron chi connectivity index (χ2n) is 7.28. The number of aromatic nitrogens is 4. The molecule has 0 bridgehead atoms. The highest BCUT2D eigenvalue weighted by Gasteiger charge is 2.31. The van der Waals surface area contributed by atoms with Gasteiger partial charge in [-0.25, -0.2) is 0 Å². The molecule has 9 nitrogen and oxygen atoms in total. The third-order valence-electron chi connectivity index (χ3n) is 5.61. The van der Waals surface area contributed by atoms with Gasteiger partial charge in [-0.05, 0) is 48.1 Å². The van der Waals surface area contributed by atoms with E-state index in [1.165, 1.54) is 28.8 Å². The van der Waals surface area contributed by atoms with Gasteiger partial charge >= 0.3 is 0 Å². The van der Waals surface area contributed by atoms with Gasteiger partial charge in [0.05, 0.1) is 11.7 Å². The van der Waals surface area contributed by atoms with Crippen LogP contribution in [0.15, 0.2) is 17.8 Å². The summed E-state index contributed by atoms with van der Waals surface area (Å²) < 4.78 is 1.51. The minimum Gasteiger partial charge on any atom is -0.341 e. The summed E-state index contributed by atoms with van der Waals surface area (Å²) in [6.45, 7) is 6.38. The van der Waals surface area contributed by atoms with Gasteiger partial charge in [0.2, 0.25) is 5.91 Å². The molecular formula is C18H25N7O2S. The van der Waals surface area contributed by atoms with Crippen LogP contribution in [0.4, 0.5) is 0 Å². The van der Waals surface area contributed by atoms with Crippen LogP contribution in [0.2, 0.25) is 0 Å². The van der Waals surface area contributed by atoms with Crippen molar-refractivity contribution in [1.29, 1.82) is 0 Å². The average molecular weight is 404 g/mol. The molecule has 2 saturated heterocycles. The van der Waals surface area contributed by atoms with E-state index in [-0.39, 0.29) is 17.9 Å². The maximum absolute atomic E-state index is 13.0. The van der Waals surface area contributed by atoms with Crippen molar-refractivity contribution in [3.63, 3.8) is 0 Å². The molecule has 10 heteroatoms. The van der Waals surface area contributed by atoms with Crippen LogP contribution in [0.3, 0.4) is 0 Å².